The molecule has 2 nitrogen and oxygen atoms in total. The van der Waals surface area contributed by atoms with Gasteiger partial charge in [-0.25, -0.2) is 0 Å². The van der Waals surface area contributed by atoms with E-state index >= 15 is 0 Å². The van der Waals surface area contributed by atoms with Gasteiger partial charge in [-0.1, -0.05) is 0 Å². The molecule has 0 amide bonds. The molecule has 10 aliphatic rings. The number of ketones is 2. The Morgan fingerprint density at radius 3 is 1.35 bits per heavy atom. The first kappa shape index (κ1) is 10.8. The normalized spacial score (nSPS) is 94.2. The number of rotatable bonds is 8. The predicted molar refractivity (Wildman–Crippen MR) is 84.5 cm³/mol. The summed E-state index contributed by atoms with van der Waals surface area (Å²) in [7, 11) is 0. The minimum absolute atomic E-state index is 0.283. The molecule has 1 spiro atoms. The van der Waals surface area contributed by atoms with E-state index in [1.807, 2.05) is 0 Å². The Morgan fingerprint density at radius 2 is 1.09 bits per heavy atom. The molecule has 10 aliphatic heterocycles. The second-order valence-corrected chi connectivity index (χ2v) is 36.0. The number of unbranched alkanes of at least 4 members (excludes halogenated alkanes) is 2. The van der Waals surface area contributed by atoms with Gasteiger partial charge < -0.3 is 0 Å². The van der Waals surface area contributed by atoms with Crippen LogP contribution in [0.15, 0.2) is 0 Å². The molecular formula is C20H26FeO2. The summed E-state index contributed by atoms with van der Waals surface area (Å²) in [4.78, 5) is 34.9. The van der Waals surface area contributed by atoms with E-state index in [0.717, 1.165) is 88.6 Å². The second kappa shape index (κ2) is 1.10. The summed E-state index contributed by atoms with van der Waals surface area (Å²) < 4.78 is 0.566. The van der Waals surface area contributed by atoms with Gasteiger partial charge in [0.25, 0.3) is 0 Å². The first-order valence-corrected chi connectivity index (χ1v) is 16.4. The van der Waals surface area contributed by atoms with Gasteiger partial charge >= 0.3 is 127 Å². The summed E-state index contributed by atoms with van der Waals surface area (Å²) in [5.74, 6) is 1.46. The molecule has 10 saturated heterocycles. The topological polar surface area (TPSA) is 34.1 Å². The van der Waals surface area contributed by atoms with Crippen LogP contribution in [-0.2, 0) is 16.1 Å². The van der Waals surface area contributed by atoms with Crippen LogP contribution in [-0.4, -0.2) is 11.6 Å². The van der Waals surface area contributed by atoms with Gasteiger partial charge in [0.1, 0.15) is 0 Å². The second-order valence-electron chi connectivity index (χ2n) is 12.8. The van der Waals surface area contributed by atoms with E-state index in [9.17, 15) is 9.59 Å². The van der Waals surface area contributed by atoms with Gasteiger partial charge in [0.2, 0.25) is 0 Å². The average Bonchev–Trinajstić information content (AvgIpc) is 3.49. The summed E-state index contributed by atoms with van der Waals surface area (Å²) >= 11 is 0. The van der Waals surface area contributed by atoms with Gasteiger partial charge in [-0.05, 0) is 0 Å². The molecule has 126 valence electrons. The molecule has 0 aromatic rings. The van der Waals surface area contributed by atoms with E-state index in [0.29, 0.717) is 0 Å². The molecule has 23 heavy (non-hydrogen) atoms. The Morgan fingerprint density at radius 1 is 0.739 bits per heavy atom. The number of hydrogen-bond acceptors (Lipinski definition) is 2. The van der Waals surface area contributed by atoms with E-state index < -0.39 is 6.51 Å². The molecule has 0 bridgehead atoms. The van der Waals surface area contributed by atoms with Crippen LogP contribution >= 0.6 is 0 Å². The minimum atomic E-state index is -3.76. The van der Waals surface area contributed by atoms with Crippen molar-refractivity contribution in [3.63, 3.8) is 0 Å². The number of carbonyl (C=O) groups excluding carboxylic acids is 2. The van der Waals surface area contributed by atoms with Crippen LogP contribution in [0, 0.1) is 0 Å². The van der Waals surface area contributed by atoms with Crippen molar-refractivity contribution in [2.45, 2.75) is 99.5 Å². The van der Waals surface area contributed by atoms with E-state index in [2.05, 4.69) is 13.8 Å². The van der Waals surface area contributed by atoms with Crippen LogP contribution in [0.1, 0.15) is 52.4 Å². The number of Topliss-reactive ketones (excluding diaryl/α,β-unsaturated/α-hetero) is 2. The van der Waals surface area contributed by atoms with Crippen LogP contribution in [0.4, 0.5) is 0 Å². The molecule has 0 saturated carbocycles. The van der Waals surface area contributed by atoms with Crippen LogP contribution in [0.3, 0.4) is 0 Å². The van der Waals surface area contributed by atoms with Gasteiger partial charge in [0, 0.05) is 0 Å². The monoisotopic (exact) mass is 354 g/mol. The first-order chi connectivity index (χ1) is 10.9. The Hall–Kier alpha value is -0.141. The van der Waals surface area contributed by atoms with Gasteiger partial charge in [-0.15, -0.1) is 0 Å². The molecule has 10 heterocycles. The van der Waals surface area contributed by atoms with Crippen molar-refractivity contribution in [2.75, 3.05) is 0 Å². The van der Waals surface area contributed by atoms with Crippen molar-refractivity contribution in [3.8, 4) is 0 Å². The maximum atomic E-state index is 13.5. The van der Waals surface area contributed by atoms with Crippen molar-refractivity contribution in [2.24, 2.45) is 0 Å². The molecule has 8 atom stereocenters. The zero-order chi connectivity index (χ0) is 15.3. The number of carbonyl (C=O) groups is 2. The summed E-state index contributed by atoms with van der Waals surface area (Å²) in [6.07, 6.45) is 6.23. The van der Waals surface area contributed by atoms with E-state index in [1.165, 1.54) is 0 Å². The fourth-order valence-electron chi connectivity index (χ4n) is 19.1. The summed E-state index contributed by atoms with van der Waals surface area (Å²) in [5, 5.41) is 0. The first-order valence-electron chi connectivity index (χ1n) is 10.2. The molecular weight excluding hydrogens is 328 g/mol. The summed E-state index contributed by atoms with van der Waals surface area (Å²) in [5.41, 5.74) is 0. The molecule has 10 rings (SSSR count). The Balaban J connectivity index is 1.28. The maximum absolute atomic E-state index is 13.5. The molecule has 0 aromatic heterocycles. The van der Waals surface area contributed by atoms with Crippen LogP contribution in [0.2, 0.25) is 47.2 Å². The molecule has 0 aromatic carbocycles. The zero-order valence-electron chi connectivity index (χ0n) is 14.0. The average molecular weight is 354 g/mol. The van der Waals surface area contributed by atoms with Gasteiger partial charge in [0.15, 0.2) is 0 Å². The van der Waals surface area contributed by atoms with E-state index in [4.69, 9.17) is 0 Å². The summed E-state index contributed by atoms with van der Waals surface area (Å²) in [6.45, 7) is 0.655. The molecule has 3 heteroatoms. The predicted octanol–water partition coefficient (Wildman–Crippen LogP) is 5.63. The van der Waals surface area contributed by atoms with Gasteiger partial charge in [0.05, 0.1) is 0 Å². The van der Waals surface area contributed by atoms with E-state index in [1.54, 1.807) is 0 Å². The number of fused-ring (bicyclic) bond motifs is 10. The quantitative estimate of drug-likeness (QED) is 0.529. The molecule has 0 radical (unpaired) electrons. The number of hydrogen-bond donors (Lipinski definition) is 0. The molecule has 0 aliphatic carbocycles. The van der Waals surface area contributed by atoms with Crippen molar-refractivity contribution < 1.29 is 16.1 Å². The summed E-state index contributed by atoms with van der Waals surface area (Å²) in [6, 6.07) is 0. The molecule has 10 fully saturated rings. The van der Waals surface area contributed by atoms with Crippen molar-refractivity contribution >= 4 is 11.6 Å². The third kappa shape index (κ3) is 0.143. The zero-order valence-corrected chi connectivity index (χ0v) is 15.1. The van der Waals surface area contributed by atoms with Gasteiger partial charge in [-0.2, -0.15) is 0 Å². The van der Waals surface area contributed by atoms with Gasteiger partial charge in [-0.3, -0.25) is 0 Å². The Bertz CT molecular complexity index is 1090. The third-order valence-corrected chi connectivity index (χ3v) is 59.9. The Labute approximate surface area is 127 Å². The fraction of sp³-hybridized carbons (Fsp3) is 0.900. The molecule has 0 N–H and O–H groups in total. The standard InChI is InChI=1S/2C10H13O.Fe/c2*1-2-3-8-10(11)9-6-4-5-7-9;/h2*4-7H,2-3,8H2,1H3;. The van der Waals surface area contributed by atoms with Crippen LogP contribution in [0.25, 0.3) is 0 Å². The fourth-order valence-corrected chi connectivity index (χ4v) is 95.2. The molecule has 8 unspecified atom stereocenters. The van der Waals surface area contributed by atoms with Crippen molar-refractivity contribution in [3.05, 3.63) is 0 Å². The van der Waals surface area contributed by atoms with Crippen molar-refractivity contribution in [1.82, 2.24) is 0 Å². The van der Waals surface area contributed by atoms with E-state index in [-0.39, 0.29) is 8.63 Å². The SMILES string of the molecule is CCCCC(=O)[C]12[CH]3[CH]4[CH]5[CH]1[Fe]45321678[CH]2[CH]1[CH]6[C]7(C(=O)CCCC)[CH]28. The third-order valence-electron chi connectivity index (χ3n) is 17.2. The van der Waals surface area contributed by atoms with Crippen molar-refractivity contribution in [1.29, 1.82) is 0 Å². The van der Waals surface area contributed by atoms with Crippen LogP contribution < -0.4 is 0 Å². The van der Waals surface area contributed by atoms with Crippen LogP contribution in [0.5, 0.6) is 0 Å². The Kier molecular flexibility index (Phi) is 0.516.